The van der Waals surface area contributed by atoms with Crippen LogP contribution >= 0.6 is 0 Å². The van der Waals surface area contributed by atoms with E-state index in [1.165, 1.54) is 0 Å². The summed E-state index contributed by atoms with van der Waals surface area (Å²) in [5.74, 6) is -0.328. The molecule has 21 heavy (non-hydrogen) atoms. The average molecular weight is 289 g/mol. The Kier molecular flexibility index (Phi) is 4.77. The number of rotatable bonds is 6. The van der Waals surface area contributed by atoms with E-state index in [1.807, 2.05) is 12.1 Å². The fourth-order valence-corrected chi connectivity index (χ4v) is 2.02. The van der Waals surface area contributed by atoms with Gasteiger partial charge in [-0.3, -0.25) is 4.79 Å². The average Bonchev–Trinajstić information content (AvgIpc) is 3.07. The number of hydrogen-bond acceptors (Lipinski definition) is 4. The second-order valence-electron chi connectivity index (χ2n) is 5.00. The summed E-state index contributed by atoms with van der Waals surface area (Å²) in [5.41, 5.74) is 1.22. The van der Waals surface area contributed by atoms with Gasteiger partial charge in [-0.25, -0.2) is 0 Å². The molecule has 0 spiro atoms. The number of amides is 1. The Morgan fingerprint density at radius 2 is 2.00 bits per heavy atom. The van der Waals surface area contributed by atoms with Gasteiger partial charge in [0.15, 0.2) is 0 Å². The molecule has 5 heteroatoms. The molecule has 2 aromatic rings. The van der Waals surface area contributed by atoms with Gasteiger partial charge < -0.3 is 19.9 Å². The number of hydrogen-bond donors (Lipinski definition) is 3. The van der Waals surface area contributed by atoms with Gasteiger partial charge in [0, 0.05) is 11.1 Å². The topological polar surface area (TPSA) is 82.7 Å². The Morgan fingerprint density at radius 3 is 2.57 bits per heavy atom. The van der Waals surface area contributed by atoms with E-state index < -0.39 is 5.54 Å². The van der Waals surface area contributed by atoms with Crippen LogP contribution in [0.1, 0.15) is 23.7 Å². The maximum Gasteiger partial charge on any atom is 0.251 e. The second-order valence-corrected chi connectivity index (χ2v) is 5.00. The molecule has 0 aliphatic carbocycles. The van der Waals surface area contributed by atoms with Crippen LogP contribution in [0.5, 0.6) is 0 Å². The molecule has 0 atom stereocenters. The Morgan fingerprint density at radius 1 is 1.24 bits per heavy atom. The minimum absolute atomic E-state index is 0.312. The van der Waals surface area contributed by atoms with Gasteiger partial charge in [0.1, 0.15) is 0 Å². The van der Waals surface area contributed by atoms with E-state index in [-0.39, 0.29) is 19.1 Å². The van der Waals surface area contributed by atoms with Crippen LogP contribution in [0.15, 0.2) is 47.3 Å². The van der Waals surface area contributed by atoms with Crippen LogP contribution < -0.4 is 5.32 Å². The number of nitrogens with one attached hydrogen (secondary N) is 1. The highest BCUT2D eigenvalue weighted by Crippen LogP contribution is 2.21. The highest BCUT2D eigenvalue weighted by atomic mass is 16.3. The maximum absolute atomic E-state index is 12.3. The molecular weight excluding hydrogens is 270 g/mol. The quantitative estimate of drug-likeness (QED) is 0.757. The molecule has 0 bridgehead atoms. The van der Waals surface area contributed by atoms with Gasteiger partial charge in [0.2, 0.25) is 0 Å². The predicted molar refractivity (Wildman–Crippen MR) is 78.8 cm³/mol. The normalized spacial score (nSPS) is 11.4. The lowest BCUT2D eigenvalue weighted by atomic mass is 9.97. The van der Waals surface area contributed by atoms with Crippen molar-refractivity contribution in [2.24, 2.45) is 0 Å². The van der Waals surface area contributed by atoms with E-state index in [2.05, 4.69) is 5.32 Å². The molecule has 1 amide bonds. The van der Waals surface area contributed by atoms with Gasteiger partial charge in [-0.2, -0.15) is 0 Å². The van der Waals surface area contributed by atoms with Crippen molar-refractivity contribution in [1.82, 2.24) is 5.32 Å². The van der Waals surface area contributed by atoms with E-state index >= 15 is 0 Å². The smallest absolute Gasteiger partial charge is 0.251 e. The molecule has 0 radical (unpaired) electrons. The van der Waals surface area contributed by atoms with Crippen molar-refractivity contribution in [1.29, 1.82) is 0 Å². The fourth-order valence-electron chi connectivity index (χ4n) is 2.02. The van der Waals surface area contributed by atoms with Crippen molar-refractivity contribution in [3.05, 3.63) is 48.4 Å². The lowest BCUT2D eigenvalue weighted by Gasteiger charge is -2.29. The molecule has 0 unspecified atom stereocenters. The number of aliphatic hydroxyl groups excluding tert-OH is 2. The summed E-state index contributed by atoms with van der Waals surface area (Å²) < 4.78 is 5.04. The Bertz CT molecular complexity index is 580. The molecule has 0 saturated heterocycles. The van der Waals surface area contributed by atoms with Crippen LogP contribution in [-0.4, -0.2) is 34.9 Å². The summed E-state index contributed by atoms with van der Waals surface area (Å²) >= 11 is 0. The zero-order chi connectivity index (χ0) is 15.3. The van der Waals surface area contributed by atoms with E-state index in [0.29, 0.717) is 12.0 Å². The van der Waals surface area contributed by atoms with Gasteiger partial charge in [0.25, 0.3) is 5.91 Å². The zero-order valence-electron chi connectivity index (χ0n) is 11.9. The molecule has 0 fully saturated rings. The molecule has 2 rings (SSSR count). The first kappa shape index (κ1) is 15.3. The van der Waals surface area contributed by atoms with E-state index in [0.717, 1.165) is 11.1 Å². The van der Waals surface area contributed by atoms with Crippen LogP contribution in [0.3, 0.4) is 0 Å². The third-order valence-electron chi connectivity index (χ3n) is 3.64. The number of carbonyl (C=O) groups is 1. The maximum atomic E-state index is 12.3. The molecule has 1 aromatic heterocycles. The SMILES string of the molecule is CCC(CO)(CO)NC(=O)c1cccc(-c2ccoc2)c1. The molecule has 1 heterocycles. The Labute approximate surface area is 123 Å². The first-order chi connectivity index (χ1) is 10.1. The van der Waals surface area contributed by atoms with Crippen LogP contribution in [-0.2, 0) is 0 Å². The number of carbonyl (C=O) groups excluding carboxylic acids is 1. The minimum atomic E-state index is -0.997. The summed E-state index contributed by atoms with van der Waals surface area (Å²) in [7, 11) is 0. The largest absolute Gasteiger partial charge is 0.472 e. The van der Waals surface area contributed by atoms with Crippen LogP contribution in [0.25, 0.3) is 11.1 Å². The summed E-state index contributed by atoms with van der Waals surface area (Å²) in [4.78, 5) is 12.3. The van der Waals surface area contributed by atoms with Crippen molar-refractivity contribution in [2.45, 2.75) is 18.9 Å². The molecule has 1 aromatic carbocycles. The standard InChI is InChI=1S/C16H19NO4/c1-2-16(10-18,11-19)17-15(20)13-5-3-4-12(8-13)14-6-7-21-9-14/h3-9,18-19H,2,10-11H2,1H3,(H,17,20). The molecule has 3 N–H and O–H groups in total. The van der Waals surface area contributed by atoms with E-state index in [4.69, 9.17) is 4.42 Å². The monoisotopic (exact) mass is 289 g/mol. The van der Waals surface area contributed by atoms with Crippen LogP contribution in [0.2, 0.25) is 0 Å². The molecular formula is C16H19NO4. The van der Waals surface area contributed by atoms with E-state index in [1.54, 1.807) is 37.6 Å². The van der Waals surface area contributed by atoms with Gasteiger partial charge in [-0.15, -0.1) is 0 Å². The third-order valence-corrected chi connectivity index (χ3v) is 3.64. The summed E-state index contributed by atoms with van der Waals surface area (Å²) in [5, 5.41) is 21.5. The van der Waals surface area contributed by atoms with Crippen molar-refractivity contribution in [2.75, 3.05) is 13.2 Å². The molecule has 0 saturated carbocycles. The fraction of sp³-hybridized carbons (Fsp3) is 0.312. The molecule has 0 aliphatic rings. The summed E-state index contributed by atoms with van der Waals surface area (Å²) in [6.45, 7) is 1.18. The highest BCUT2D eigenvalue weighted by Gasteiger charge is 2.28. The van der Waals surface area contributed by atoms with Crippen LogP contribution in [0.4, 0.5) is 0 Å². The summed E-state index contributed by atoms with van der Waals surface area (Å²) in [6, 6.07) is 8.91. The molecule has 0 aliphatic heterocycles. The lowest BCUT2D eigenvalue weighted by molar-refractivity contribution is 0.0653. The van der Waals surface area contributed by atoms with Crippen molar-refractivity contribution in [3.8, 4) is 11.1 Å². The molecule has 5 nitrogen and oxygen atoms in total. The lowest BCUT2D eigenvalue weighted by Crippen LogP contribution is -2.53. The molecule has 112 valence electrons. The zero-order valence-corrected chi connectivity index (χ0v) is 11.9. The van der Waals surface area contributed by atoms with Gasteiger partial charge >= 0.3 is 0 Å². The number of benzene rings is 1. The Hall–Kier alpha value is -2.11. The van der Waals surface area contributed by atoms with Crippen molar-refractivity contribution < 1.29 is 19.4 Å². The van der Waals surface area contributed by atoms with Crippen LogP contribution in [0, 0.1) is 0 Å². The van der Waals surface area contributed by atoms with Gasteiger partial charge in [0.05, 0.1) is 31.3 Å². The van der Waals surface area contributed by atoms with Gasteiger partial charge in [-0.05, 0) is 30.2 Å². The van der Waals surface area contributed by atoms with Crippen molar-refractivity contribution in [3.63, 3.8) is 0 Å². The highest BCUT2D eigenvalue weighted by molar-refractivity contribution is 5.96. The van der Waals surface area contributed by atoms with Gasteiger partial charge in [-0.1, -0.05) is 19.1 Å². The van der Waals surface area contributed by atoms with Crippen molar-refractivity contribution >= 4 is 5.91 Å². The number of aliphatic hydroxyl groups is 2. The first-order valence-corrected chi connectivity index (χ1v) is 6.81. The Balaban J connectivity index is 2.22. The predicted octanol–water partition coefficient (Wildman–Crippen LogP) is 1.81. The minimum Gasteiger partial charge on any atom is -0.472 e. The number of furan rings is 1. The third kappa shape index (κ3) is 3.32. The first-order valence-electron chi connectivity index (χ1n) is 6.81. The second kappa shape index (κ2) is 6.56. The van der Waals surface area contributed by atoms with E-state index in [9.17, 15) is 15.0 Å². The summed E-state index contributed by atoms with van der Waals surface area (Å²) in [6.07, 6.45) is 3.61.